The van der Waals surface area contributed by atoms with Gasteiger partial charge in [-0.15, -0.1) is 0 Å². The molecule has 0 spiro atoms. The van der Waals surface area contributed by atoms with E-state index in [2.05, 4.69) is 15.9 Å². The van der Waals surface area contributed by atoms with Crippen molar-refractivity contribution in [3.8, 4) is 6.07 Å². The van der Waals surface area contributed by atoms with Crippen LogP contribution in [-0.4, -0.2) is 86.9 Å². The van der Waals surface area contributed by atoms with E-state index in [-0.39, 0.29) is 11.9 Å². The van der Waals surface area contributed by atoms with Crippen molar-refractivity contribution < 1.29 is 14.3 Å². The van der Waals surface area contributed by atoms with E-state index in [1.54, 1.807) is 12.1 Å². The van der Waals surface area contributed by atoms with Crippen molar-refractivity contribution in [1.29, 1.82) is 5.26 Å². The molecule has 1 unspecified atom stereocenters. The fourth-order valence-electron chi connectivity index (χ4n) is 4.50. The van der Waals surface area contributed by atoms with Crippen molar-refractivity contribution >= 4 is 11.6 Å². The average Bonchev–Trinajstić information content (AvgIpc) is 3.16. The number of nitriles is 1. The summed E-state index contributed by atoms with van der Waals surface area (Å²) in [6.45, 7) is 7.98. The number of carbonyl (C=O) groups is 1. The van der Waals surface area contributed by atoms with Crippen molar-refractivity contribution in [2.24, 2.45) is 0 Å². The van der Waals surface area contributed by atoms with E-state index >= 15 is 0 Å². The molecule has 7 heteroatoms. The lowest BCUT2D eigenvalue weighted by molar-refractivity contribution is -0.122. The van der Waals surface area contributed by atoms with Gasteiger partial charge in [-0.1, -0.05) is 0 Å². The van der Waals surface area contributed by atoms with E-state index in [1.807, 2.05) is 17.0 Å². The van der Waals surface area contributed by atoms with Crippen LogP contribution in [0.4, 0.5) is 5.69 Å². The second-order valence-electron chi connectivity index (χ2n) is 8.01. The molecule has 29 heavy (non-hydrogen) atoms. The summed E-state index contributed by atoms with van der Waals surface area (Å²) >= 11 is 0. The zero-order valence-corrected chi connectivity index (χ0v) is 17.0. The lowest BCUT2D eigenvalue weighted by Crippen LogP contribution is -2.47. The van der Waals surface area contributed by atoms with Gasteiger partial charge in [-0.25, -0.2) is 0 Å². The summed E-state index contributed by atoms with van der Waals surface area (Å²) in [5, 5.41) is 8.94. The highest BCUT2D eigenvalue weighted by molar-refractivity contribution is 5.99. The molecule has 0 saturated carbocycles. The Balaban J connectivity index is 1.21. The van der Waals surface area contributed by atoms with Crippen LogP contribution in [0, 0.1) is 11.3 Å². The first-order valence-electron chi connectivity index (χ1n) is 10.7. The molecule has 3 aliphatic heterocycles. The third kappa shape index (κ3) is 4.96. The number of carbonyl (C=O) groups excluding carboxylic acids is 1. The van der Waals surface area contributed by atoms with Gasteiger partial charge < -0.3 is 14.4 Å². The normalized spacial score (nSPS) is 24.7. The molecule has 1 aromatic rings. The Bertz CT molecular complexity index is 719. The smallest absolute Gasteiger partial charge is 0.244 e. The molecular formula is C22H30N4O3. The molecule has 156 valence electrons. The maximum atomic E-state index is 13.0. The summed E-state index contributed by atoms with van der Waals surface area (Å²) in [6.07, 6.45) is 3.15. The first-order valence-corrected chi connectivity index (χ1v) is 10.7. The number of benzene rings is 1. The largest absolute Gasteiger partial charge is 0.379 e. The minimum absolute atomic E-state index is 0.0278. The lowest BCUT2D eigenvalue weighted by Gasteiger charge is -2.35. The van der Waals surface area contributed by atoms with Gasteiger partial charge in [0.1, 0.15) is 0 Å². The molecule has 1 amide bonds. The second-order valence-corrected chi connectivity index (χ2v) is 8.01. The van der Waals surface area contributed by atoms with E-state index in [9.17, 15) is 4.79 Å². The Labute approximate surface area is 172 Å². The zero-order chi connectivity index (χ0) is 20.1. The molecule has 3 aliphatic rings. The Morgan fingerprint density at radius 2 is 1.76 bits per heavy atom. The molecule has 3 saturated heterocycles. The minimum atomic E-state index is -0.0278. The van der Waals surface area contributed by atoms with Gasteiger partial charge in [0.2, 0.25) is 5.91 Å². The number of nitrogens with zero attached hydrogens (tertiary/aromatic N) is 4. The quantitative estimate of drug-likeness (QED) is 0.723. The zero-order valence-electron chi connectivity index (χ0n) is 17.0. The summed E-state index contributed by atoms with van der Waals surface area (Å²) < 4.78 is 11.5. The predicted molar refractivity (Wildman–Crippen MR) is 110 cm³/mol. The summed E-state index contributed by atoms with van der Waals surface area (Å²) in [7, 11) is 0. The number of hydrogen-bond acceptors (Lipinski definition) is 6. The molecule has 0 radical (unpaired) electrons. The van der Waals surface area contributed by atoms with Crippen molar-refractivity contribution in [2.75, 3.05) is 64.0 Å². The molecular weight excluding hydrogens is 368 g/mol. The monoisotopic (exact) mass is 398 g/mol. The van der Waals surface area contributed by atoms with Crippen LogP contribution in [0.5, 0.6) is 0 Å². The van der Waals surface area contributed by atoms with Crippen LogP contribution >= 0.6 is 0 Å². The van der Waals surface area contributed by atoms with Gasteiger partial charge in [-0.2, -0.15) is 5.26 Å². The summed E-state index contributed by atoms with van der Waals surface area (Å²) in [6, 6.07) is 9.38. The van der Waals surface area contributed by atoms with Gasteiger partial charge in [-0.05, 0) is 43.5 Å². The average molecular weight is 399 g/mol. The number of rotatable bonds is 6. The first kappa shape index (κ1) is 20.3. The molecule has 0 bridgehead atoms. The summed E-state index contributed by atoms with van der Waals surface area (Å²) in [5.41, 5.74) is 1.51. The molecule has 3 fully saturated rings. The molecule has 4 rings (SSSR count). The summed E-state index contributed by atoms with van der Waals surface area (Å²) in [5.74, 6) is 0.182. The highest BCUT2D eigenvalue weighted by Crippen LogP contribution is 2.27. The number of amides is 1. The molecule has 0 aliphatic carbocycles. The van der Waals surface area contributed by atoms with E-state index in [0.29, 0.717) is 11.7 Å². The van der Waals surface area contributed by atoms with Crippen molar-refractivity contribution in [2.45, 2.75) is 31.4 Å². The van der Waals surface area contributed by atoms with Crippen LogP contribution in [-0.2, 0) is 14.3 Å². The SMILES string of the molecule is N#Cc1ccc(N2CCC(N3CCC(OCCN4CCOCC4)CC3)C2=O)cc1. The van der Waals surface area contributed by atoms with Crippen LogP contribution in [0.25, 0.3) is 0 Å². The molecule has 1 aromatic carbocycles. The minimum Gasteiger partial charge on any atom is -0.379 e. The maximum Gasteiger partial charge on any atom is 0.244 e. The molecule has 7 nitrogen and oxygen atoms in total. The third-order valence-corrected chi connectivity index (χ3v) is 6.27. The molecule has 1 atom stereocenters. The Kier molecular flexibility index (Phi) is 6.78. The maximum absolute atomic E-state index is 13.0. The second kappa shape index (κ2) is 9.68. The van der Waals surface area contributed by atoms with Crippen molar-refractivity contribution in [1.82, 2.24) is 9.80 Å². The number of likely N-dealkylation sites (tertiary alicyclic amines) is 1. The number of piperidine rings is 1. The fourth-order valence-corrected chi connectivity index (χ4v) is 4.50. The third-order valence-electron chi connectivity index (χ3n) is 6.27. The van der Waals surface area contributed by atoms with E-state index in [1.165, 1.54) is 0 Å². The van der Waals surface area contributed by atoms with Crippen LogP contribution in [0.3, 0.4) is 0 Å². The summed E-state index contributed by atoms with van der Waals surface area (Å²) in [4.78, 5) is 19.5. The highest BCUT2D eigenvalue weighted by atomic mass is 16.5. The topological polar surface area (TPSA) is 69.0 Å². The van der Waals surface area contributed by atoms with Gasteiger partial charge >= 0.3 is 0 Å². The molecule has 0 aromatic heterocycles. The number of morpholine rings is 1. The van der Waals surface area contributed by atoms with Gasteiger partial charge in [0.15, 0.2) is 0 Å². The van der Waals surface area contributed by atoms with Crippen molar-refractivity contribution in [3.05, 3.63) is 29.8 Å². The molecule has 0 N–H and O–H groups in total. The number of ether oxygens (including phenoxy) is 2. The van der Waals surface area contributed by atoms with E-state index in [4.69, 9.17) is 14.7 Å². The van der Waals surface area contributed by atoms with Gasteiger partial charge in [0, 0.05) is 45.0 Å². The van der Waals surface area contributed by atoms with Gasteiger partial charge in [-0.3, -0.25) is 14.6 Å². The fraction of sp³-hybridized carbons (Fsp3) is 0.636. The van der Waals surface area contributed by atoms with Crippen LogP contribution in [0.15, 0.2) is 24.3 Å². The Hall–Kier alpha value is -1.98. The van der Waals surface area contributed by atoms with Crippen molar-refractivity contribution in [3.63, 3.8) is 0 Å². The van der Waals surface area contributed by atoms with Crippen LogP contribution in [0.2, 0.25) is 0 Å². The first-order chi connectivity index (χ1) is 14.2. The van der Waals surface area contributed by atoms with Gasteiger partial charge in [0.25, 0.3) is 0 Å². The number of anilines is 1. The van der Waals surface area contributed by atoms with E-state index < -0.39 is 0 Å². The lowest BCUT2D eigenvalue weighted by atomic mass is 10.0. The Morgan fingerprint density at radius 1 is 1.03 bits per heavy atom. The Morgan fingerprint density at radius 3 is 2.45 bits per heavy atom. The highest BCUT2D eigenvalue weighted by Gasteiger charge is 2.38. The molecule has 3 heterocycles. The number of hydrogen-bond donors (Lipinski definition) is 0. The predicted octanol–water partition coefficient (Wildman–Crippen LogP) is 1.48. The standard InChI is InChI=1S/C22H30N4O3/c23-17-18-1-3-19(4-2-18)26-10-7-21(22(26)27)25-8-5-20(6-9-25)29-16-13-24-11-14-28-15-12-24/h1-4,20-21H,5-16H2. The van der Waals surface area contributed by atoms with Gasteiger partial charge in [0.05, 0.1) is 43.6 Å². The van der Waals surface area contributed by atoms with E-state index in [0.717, 1.165) is 84.0 Å². The van der Waals surface area contributed by atoms with Crippen LogP contribution < -0.4 is 4.90 Å². The van der Waals surface area contributed by atoms with Crippen LogP contribution in [0.1, 0.15) is 24.8 Å².